The van der Waals surface area contributed by atoms with Gasteiger partial charge in [0.2, 0.25) is 0 Å². The number of nitro benzene ring substituents is 2. The molecule has 9 nitrogen and oxygen atoms in total. The number of hydrogen-bond donors (Lipinski definition) is 0. The first-order valence-corrected chi connectivity index (χ1v) is 7.98. The third kappa shape index (κ3) is 3.15. The molecule has 0 aliphatic carbocycles. The quantitative estimate of drug-likeness (QED) is 0.542. The second kappa shape index (κ2) is 7.24. The van der Waals surface area contributed by atoms with E-state index in [4.69, 9.17) is 0 Å². The highest BCUT2D eigenvalue weighted by atomic mass is 16.6. The van der Waals surface area contributed by atoms with Gasteiger partial charge in [-0.15, -0.1) is 0 Å². The van der Waals surface area contributed by atoms with Crippen LogP contribution in [0.1, 0.15) is 39.5 Å². The number of rotatable bonds is 8. The fourth-order valence-electron chi connectivity index (χ4n) is 2.70. The average Bonchev–Trinajstić information content (AvgIpc) is 2.80. The Bertz CT molecular complexity index is 770. The molecule has 1 aromatic carbocycles. The van der Waals surface area contributed by atoms with E-state index >= 15 is 0 Å². The third-order valence-electron chi connectivity index (χ3n) is 3.98. The van der Waals surface area contributed by atoms with Crippen LogP contribution in [0.2, 0.25) is 0 Å². The van der Waals surface area contributed by atoms with Gasteiger partial charge in [-0.1, -0.05) is 26.7 Å². The van der Waals surface area contributed by atoms with Crippen molar-refractivity contribution in [3.8, 4) is 0 Å². The summed E-state index contributed by atoms with van der Waals surface area (Å²) in [4.78, 5) is 33.4. The number of nitrogens with zero attached hydrogens (tertiary/aromatic N) is 4. The Hall–Kier alpha value is -2.71. The Balaban J connectivity index is 2.78. The summed E-state index contributed by atoms with van der Waals surface area (Å²) in [6.45, 7) is 4.82. The van der Waals surface area contributed by atoms with Crippen molar-refractivity contribution in [2.45, 2.75) is 52.6 Å². The van der Waals surface area contributed by atoms with Gasteiger partial charge in [-0.3, -0.25) is 29.4 Å². The molecule has 0 amide bonds. The number of aryl methyl sites for hydroxylation is 2. The lowest BCUT2D eigenvalue weighted by atomic mass is 10.2. The van der Waals surface area contributed by atoms with Crippen LogP contribution in [0.3, 0.4) is 0 Å². The summed E-state index contributed by atoms with van der Waals surface area (Å²) in [6.07, 6.45) is 3.22. The van der Waals surface area contributed by atoms with Gasteiger partial charge in [0.15, 0.2) is 0 Å². The number of hydrogen-bond acceptors (Lipinski definition) is 5. The molecule has 0 unspecified atom stereocenters. The van der Waals surface area contributed by atoms with Gasteiger partial charge < -0.3 is 0 Å². The molecule has 1 heterocycles. The fraction of sp³-hybridized carbons (Fsp3) is 0.533. The van der Waals surface area contributed by atoms with Crippen LogP contribution in [0.4, 0.5) is 11.4 Å². The molecule has 130 valence electrons. The number of imidazole rings is 1. The highest BCUT2D eigenvalue weighted by molar-refractivity contribution is 5.83. The second-order valence-corrected chi connectivity index (χ2v) is 5.64. The molecule has 0 bridgehead atoms. The van der Waals surface area contributed by atoms with Crippen LogP contribution < -0.4 is 5.69 Å². The molecular formula is C15H20N4O5. The summed E-state index contributed by atoms with van der Waals surface area (Å²) in [5, 5.41) is 22.3. The maximum absolute atomic E-state index is 12.6. The van der Waals surface area contributed by atoms with Crippen molar-refractivity contribution in [2.75, 3.05) is 0 Å². The lowest BCUT2D eigenvalue weighted by Crippen LogP contribution is -2.24. The SMILES string of the molecule is CCCCn1c(=O)n(CCCC)c2cc([N+](=O)[O-])c([N+](=O)[O-])cc21. The van der Waals surface area contributed by atoms with Gasteiger partial charge in [-0.2, -0.15) is 0 Å². The summed E-state index contributed by atoms with van der Waals surface area (Å²) < 4.78 is 2.95. The van der Waals surface area contributed by atoms with Gasteiger partial charge in [0, 0.05) is 25.2 Å². The minimum Gasteiger partial charge on any atom is -0.292 e. The number of aromatic nitrogens is 2. The summed E-state index contributed by atoms with van der Waals surface area (Å²) in [5.41, 5.74) is -0.707. The molecule has 0 saturated heterocycles. The lowest BCUT2D eigenvalue weighted by Gasteiger charge is -2.02. The van der Waals surface area contributed by atoms with Crippen LogP contribution in [-0.4, -0.2) is 19.0 Å². The van der Waals surface area contributed by atoms with E-state index in [-0.39, 0.29) is 5.69 Å². The second-order valence-electron chi connectivity index (χ2n) is 5.64. The van der Waals surface area contributed by atoms with Gasteiger partial charge in [0.1, 0.15) is 0 Å². The molecule has 24 heavy (non-hydrogen) atoms. The molecule has 0 N–H and O–H groups in total. The lowest BCUT2D eigenvalue weighted by molar-refractivity contribution is -0.422. The average molecular weight is 336 g/mol. The summed E-state index contributed by atoms with van der Waals surface area (Å²) in [5.74, 6) is 0. The standard InChI is InChI=1S/C15H20N4O5/c1-3-5-7-16-11-9-13(18(21)22)14(19(23)24)10-12(11)17(15(16)20)8-6-4-2/h9-10H,3-8H2,1-2H3. The zero-order valence-electron chi connectivity index (χ0n) is 13.7. The van der Waals surface area contributed by atoms with E-state index in [9.17, 15) is 25.0 Å². The Morgan fingerprint density at radius 1 is 0.875 bits per heavy atom. The Morgan fingerprint density at radius 3 is 1.54 bits per heavy atom. The molecular weight excluding hydrogens is 316 g/mol. The van der Waals surface area contributed by atoms with Crippen molar-refractivity contribution in [2.24, 2.45) is 0 Å². The molecule has 0 aliphatic rings. The number of nitro groups is 2. The van der Waals surface area contributed by atoms with Crippen molar-refractivity contribution in [1.82, 2.24) is 9.13 Å². The van der Waals surface area contributed by atoms with E-state index in [1.807, 2.05) is 13.8 Å². The zero-order valence-corrected chi connectivity index (χ0v) is 13.7. The van der Waals surface area contributed by atoms with Gasteiger partial charge in [0.05, 0.1) is 20.9 Å². The first kappa shape index (κ1) is 17.6. The molecule has 0 aliphatic heterocycles. The maximum atomic E-state index is 12.6. The van der Waals surface area contributed by atoms with E-state index in [1.54, 1.807) is 0 Å². The predicted octanol–water partition coefficient (Wildman–Crippen LogP) is 3.22. The van der Waals surface area contributed by atoms with Crippen LogP contribution in [-0.2, 0) is 13.1 Å². The molecule has 0 atom stereocenters. The largest absolute Gasteiger partial charge is 0.348 e. The summed E-state index contributed by atoms with van der Waals surface area (Å²) >= 11 is 0. The Kier molecular flexibility index (Phi) is 5.32. The summed E-state index contributed by atoms with van der Waals surface area (Å²) in [6, 6.07) is 2.29. The van der Waals surface area contributed by atoms with E-state index in [0.717, 1.165) is 37.8 Å². The zero-order chi connectivity index (χ0) is 17.9. The van der Waals surface area contributed by atoms with E-state index in [0.29, 0.717) is 24.1 Å². The summed E-state index contributed by atoms with van der Waals surface area (Å²) in [7, 11) is 0. The van der Waals surface area contributed by atoms with Gasteiger partial charge >= 0.3 is 17.1 Å². The number of benzene rings is 1. The Labute approximate surface area is 137 Å². The van der Waals surface area contributed by atoms with E-state index < -0.39 is 21.2 Å². The molecule has 0 fully saturated rings. The van der Waals surface area contributed by atoms with Crippen LogP contribution in [0.25, 0.3) is 11.0 Å². The van der Waals surface area contributed by atoms with Crippen molar-refractivity contribution in [1.29, 1.82) is 0 Å². The minimum atomic E-state index is -0.782. The van der Waals surface area contributed by atoms with Crippen LogP contribution >= 0.6 is 0 Å². The van der Waals surface area contributed by atoms with Gasteiger partial charge in [-0.05, 0) is 12.8 Å². The van der Waals surface area contributed by atoms with Crippen molar-refractivity contribution >= 4 is 22.4 Å². The third-order valence-corrected chi connectivity index (χ3v) is 3.98. The monoisotopic (exact) mass is 336 g/mol. The van der Waals surface area contributed by atoms with E-state index in [2.05, 4.69) is 0 Å². The first-order valence-electron chi connectivity index (χ1n) is 7.98. The van der Waals surface area contributed by atoms with Gasteiger partial charge in [-0.25, -0.2) is 4.79 Å². The maximum Gasteiger partial charge on any atom is 0.348 e. The van der Waals surface area contributed by atoms with Crippen LogP contribution in [0.5, 0.6) is 0 Å². The highest BCUT2D eigenvalue weighted by Gasteiger charge is 2.28. The number of fused-ring (bicyclic) bond motifs is 1. The number of unbranched alkanes of at least 4 members (excludes halogenated alkanes) is 2. The molecule has 1 aromatic heterocycles. The molecule has 0 saturated carbocycles. The van der Waals surface area contributed by atoms with Crippen molar-refractivity contribution in [3.63, 3.8) is 0 Å². The van der Waals surface area contributed by atoms with Crippen molar-refractivity contribution < 1.29 is 9.85 Å². The first-order chi connectivity index (χ1) is 11.4. The molecule has 9 heteroatoms. The molecule has 2 aromatic rings. The van der Waals surface area contributed by atoms with E-state index in [1.165, 1.54) is 9.13 Å². The fourth-order valence-corrected chi connectivity index (χ4v) is 2.70. The Morgan fingerprint density at radius 2 is 1.25 bits per heavy atom. The minimum absolute atomic E-state index is 0.276. The normalized spacial score (nSPS) is 11.1. The smallest absolute Gasteiger partial charge is 0.292 e. The highest BCUT2D eigenvalue weighted by Crippen LogP contribution is 2.31. The molecule has 0 radical (unpaired) electrons. The molecule has 0 spiro atoms. The van der Waals surface area contributed by atoms with Crippen molar-refractivity contribution in [3.05, 3.63) is 42.8 Å². The topological polar surface area (TPSA) is 113 Å². The predicted molar refractivity (Wildman–Crippen MR) is 89.3 cm³/mol. The van der Waals surface area contributed by atoms with Crippen LogP contribution in [0, 0.1) is 20.2 Å². The van der Waals surface area contributed by atoms with Gasteiger partial charge in [0.25, 0.3) is 0 Å². The molecule has 2 rings (SSSR count). The van der Waals surface area contributed by atoms with Crippen LogP contribution in [0.15, 0.2) is 16.9 Å².